The van der Waals surface area contributed by atoms with Crippen LogP contribution in [0.1, 0.15) is 22.3 Å². The molecule has 0 fully saturated rings. The molecule has 1 aromatic rings. The molecule has 6 nitrogen and oxygen atoms in total. The molecule has 2 rings (SSSR count). The normalized spacial score (nSPS) is 17.3. The van der Waals surface area contributed by atoms with Crippen LogP contribution in [-0.2, 0) is 11.2 Å². The van der Waals surface area contributed by atoms with Crippen molar-refractivity contribution in [2.45, 2.75) is 31.1 Å². The third-order valence-electron chi connectivity index (χ3n) is 3.88. The van der Waals surface area contributed by atoms with Gasteiger partial charge in [0.05, 0.1) is 11.5 Å². The fourth-order valence-electron chi connectivity index (χ4n) is 2.58. The van der Waals surface area contributed by atoms with Crippen LogP contribution >= 0.6 is 0 Å². The average Bonchev–Trinajstić information content (AvgIpc) is 2.50. The molecule has 0 saturated carbocycles. The van der Waals surface area contributed by atoms with Gasteiger partial charge in [0.2, 0.25) is 5.91 Å². The fraction of sp³-hybridized carbons (Fsp3) is 0.429. The van der Waals surface area contributed by atoms with Crippen LogP contribution in [0.4, 0.5) is 26.3 Å². The van der Waals surface area contributed by atoms with Gasteiger partial charge in [0.15, 0.2) is 5.92 Å². The number of halogens is 6. The van der Waals surface area contributed by atoms with Gasteiger partial charge in [0.1, 0.15) is 5.75 Å². The Morgan fingerprint density at radius 1 is 1.22 bits per heavy atom. The second-order valence-electron chi connectivity index (χ2n) is 5.83. The summed E-state index contributed by atoms with van der Waals surface area (Å²) in [4.78, 5) is 22.8. The highest BCUT2D eigenvalue weighted by molar-refractivity contribution is 6.47. The fourth-order valence-corrected chi connectivity index (χ4v) is 2.58. The van der Waals surface area contributed by atoms with Crippen LogP contribution in [-0.4, -0.2) is 47.4 Å². The number of aromatic carboxylic acids is 1. The predicted molar refractivity (Wildman–Crippen MR) is 77.9 cm³/mol. The highest BCUT2D eigenvalue weighted by Crippen LogP contribution is 2.41. The van der Waals surface area contributed by atoms with Crippen molar-refractivity contribution in [2.75, 3.05) is 0 Å². The summed E-state index contributed by atoms with van der Waals surface area (Å²) < 4.78 is 80.1. The first-order valence-corrected chi connectivity index (χ1v) is 7.43. The van der Waals surface area contributed by atoms with Gasteiger partial charge >= 0.3 is 25.4 Å². The van der Waals surface area contributed by atoms with Gasteiger partial charge in [-0.3, -0.25) is 4.79 Å². The quantitative estimate of drug-likeness (QED) is 0.532. The van der Waals surface area contributed by atoms with Crippen LogP contribution in [0.15, 0.2) is 18.2 Å². The van der Waals surface area contributed by atoms with Gasteiger partial charge in [-0.05, 0) is 18.1 Å². The lowest BCUT2D eigenvalue weighted by Crippen LogP contribution is -2.54. The molecule has 0 saturated heterocycles. The molecule has 148 valence electrons. The monoisotopic (exact) mass is 399 g/mol. The molecule has 0 aromatic heterocycles. The molecule has 1 amide bonds. The van der Waals surface area contributed by atoms with E-state index in [2.05, 4.69) is 0 Å². The Morgan fingerprint density at radius 3 is 2.33 bits per heavy atom. The number of hydrogen-bond donors (Lipinski definition) is 3. The smallest absolute Gasteiger partial charge is 0.534 e. The molecule has 1 atom stereocenters. The zero-order valence-corrected chi connectivity index (χ0v) is 13.3. The Hall–Kier alpha value is -2.44. The molecule has 27 heavy (non-hydrogen) atoms. The second kappa shape index (κ2) is 7.29. The number of para-hydroxylation sites is 1. The first kappa shape index (κ1) is 20.9. The van der Waals surface area contributed by atoms with E-state index in [4.69, 9.17) is 9.76 Å². The van der Waals surface area contributed by atoms with Gasteiger partial charge in [-0.2, -0.15) is 26.3 Å². The van der Waals surface area contributed by atoms with Crippen molar-refractivity contribution in [3.63, 3.8) is 0 Å². The molecule has 1 heterocycles. The van der Waals surface area contributed by atoms with Gasteiger partial charge in [-0.1, -0.05) is 12.1 Å². The van der Waals surface area contributed by atoms with Crippen molar-refractivity contribution >= 4 is 19.0 Å². The van der Waals surface area contributed by atoms with E-state index in [9.17, 15) is 41.0 Å². The topological polar surface area (TPSA) is 95.9 Å². The number of rotatable bonds is 4. The SMILES string of the molecule is O=C(CC(C(F)(F)F)C(F)(F)F)N[C@H]1Cc2cccc(C(=O)O)c2OB1O. The summed E-state index contributed by atoms with van der Waals surface area (Å²) >= 11 is 0. The van der Waals surface area contributed by atoms with Crippen LogP contribution in [0.2, 0.25) is 0 Å². The molecule has 1 aliphatic heterocycles. The van der Waals surface area contributed by atoms with Gasteiger partial charge < -0.3 is 20.1 Å². The molecule has 0 unspecified atom stereocenters. The largest absolute Gasteiger partial charge is 0.547 e. The number of nitrogens with one attached hydrogen (secondary N) is 1. The van der Waals surface area contributed by atoms with Crippen LogP contribution in [0, 0.1) is 5.92 Å². The van der Waals surface area contributed by atoms with Gasteiger partial charge in [-0.15, -0.1) is 0 Å². The maximum absolute atomic E-state index is 12.5. The number of carboxylic acids is 1. The first-order chi connectivity index (χ1) is 12.3. The Morgan fingerprint density at radius 2 is 1.81 bits per heavy atom. The molecule has 3 N–H and O–H groups in total. The number of alkyl halides is 6. The molecule has 1 aliphatic rings. The Kier molecular flexibility index (Phi) is 5.64. The van der Waals surface area contributed by atoms with Crippen molar-refractivity contribution in [1.82, 2.24) is 5.32 Å². The minimum absolute atomic E-state index is 0.188. The molecular weight excluding hydrogens is 387 g/mol. The number of fused-ring (bicyclic) bond motifs is 1. The Labute approximate surface area is 148 Å². The maximum atomic E-state index is 12.5. The van der Waals surface area contributed by atoms with Crippen molar-refractivity contribution in [3.8, 4) is 5.75 Å². The lowest BCUT2D eigenvalue weighted by molar-refractivity contribution is -0.284. The molecule has 1 aromatic carbocycles. The van der Waals surface area contributed by atoms with Crippen LogP contribution in [0.5, 0.6) is 5.75 Å². The molecule has 0 spiro atoms. The van der Waals surface area contributed by atoms with E-state index in [1.807, 2.05) is 5.32 Å². The molecular formula is C14H12BF6NO5. The summed E-state index contributed by atoms with van der Waals surface area (Å²) in [7, 11) is -1.85. The van der Waals surface area contributed by atoms with E-state index >= 15 is 0 Å². The summed E-state index contributed by atoms with van der Waals surface area (Å²) in [5.74, 6) is -8.33. The summed E-state index contributed by atoms with van der Waals surface area (Å²) in [5.41, 5.74) is -0.0702. The van der Waals surface area contributed by atoms with E-state index in [0.29, 0.717) is 0 Å². The van der Waals surface area contributed by atoms with E-state index in [1.54, 1.807) is 0 Å². The van der Waals surface area contributed by atoms with E-state index in [1.165, 1.54) is 18.2 Å². The predicted octanol–water partition coefficient (Wildman–Crippen LogP) is 1.96. The first-order valence-electron chi connectivity index (χ1n) is 7.43. The number of hydrogen-bond acceptors (Lipinski definition) is 4. The Bertz CT molecular complexity index is 724. The van der Waals surface area contributed by atoms with Crippen molar-refractivity contribution in [1.29, 1.82) is 0 Å². The molecule has 0 bridgehead atoms. The summed E-state index contributed by atoms with van der Waals surface area (Å²) in [6, 6.07) is 3.91. The summed E-state index contributed by atoms with van der Waals surface area (Å²) in [6.07, 6.45) is -13.5. The van der Waals surface area contributed by atoms with E-state index in [0.717, 1.165) is 0 Å². The highest BCUT2D eigenvalue weighted by Gasteiger charge is 2.57. The van der Waals surface area contributed by atoms with Crippen LogP contribution in [0.3, 0.4) is 0 Å². The lowest BCUT2D eigenvalue weighted by atomic mass is 9.72. The number of carbonyl (C=O) groups excluding carboxylic acids is 1. The lowest BCUT2D eigenvalue weighted by Gasteiger charge is -2.29. The maximum Gasteiger partial charge on any atom is 0.547 e. The molecule has 13 heteroatoms. The van der Waals surface area contributed by atoms with Crippen LogP contribution < -0.4 is 9.97 Å². The second-order valence-corrected chi connectivity index (χ2v) is 5.83. The van der Waals surface area contributed by atoms with Gasteiger partial charge in [0, 0.05) is 6.42 Å². The highest BCUT2D eigenvalue weighted by atomic mass is 19.4. The number of carboxylic acid groups (broad SMARTS) is 1. The number of amides is 1. The zero-order chi connectivity index (χ0) is 20.6. The van der Waals surface area contributed by atoms with E-state index < -0.39 is 49.6 Å². The third kappa shape index (κ3) is 4.84. The third-order valence-corrected chi connectivity index (χ3v) is 3.88. The van der Waals surface area contributed by atoms with Gasteiger partial charge in [-0.25, -0.2) is 4.79 Å². The van der Waals surface area contributed by atoms with Gasteiger partial charge in [0.25, 0.3) is 0 Å². The van der Waals surface area contributed by atoms with Crippen molar-refractivity contribution < 1.29 is 50.7 Å². The summed E-state index contributed by atoms with van der Waals surface area (Å²) in [5, 5.41) is 20.8. The molecule has 0 radical (unpaired) electrons. The standard InChI is InChI=1S/C14H12BF6NO5/c16-13(17,18)8(14(19,20)21)5-10(23)22-9-4-6-2-1-3-7(12(24)25)11(6)27-15(9)26/h1-3,8-9,26H,4-5H2,(H,22,23)(H,24,25)/t9-/m0/s1. The summed E-state index contributed by atoms with van der Waals surface area (Å²) in [6.45, 7) is 0. The zero-order valence-electron chi connectivity index (χ0n) is 13.3. The van der Waals surface area contributed by atoms with Crippen molar-refractivity contribution in [3.05, 3.63) is 29.3 Å². The number of benzene rings is 1. The van der Waals surface area contributed by atoms with Crippen LogP contribution in [0.25, 0.3) is 0 Å². The Balaban J connectivity index is 2.13. The average molecular weight is 399 g/mol. The number of carbonyl (C=O) groups is 2. The van der Waals surface area contributed by atoms with E-state index in [-0.39, 0.29) is 23.3 Å². The molecule has 0 aliphatic carbocycles. The minimum atomic E-state index is -5.67. The minimum Gasteiger partial charge on any atom is -0.534 e. The van der Waals surface area contributed by atoms with Crippen molar-refractivity contribution in [2.24, 2.45) is 5.92 Å².